The van der Waals surface area contributed by atoms with E-state index in [4.69, 9.17) is 14.2 Å². The molecule has 1 aliphatic carbocycles. The fourth-order valence-electron chi connectivity index (χ4n) is 4.27. The van der Waals surface area contributed by atoms with E-state index in [-0.39, 0.29) is 0 Å². The van der Waals surface area contributed by atoms with Crippen LogP contribution in [0.5, 0.6) is 0 Å². The monoisotopic (exact) mass is 385 g/mol. The van der Waals surface area contributed by atoms with E-state index in [2.05, 4.69) is 47.4 Å². The van der Waals surface area contributed by atoms with Crippen LogP contribution in [0, 0.1) is 0 Å². The third-order valence-corrected chi connectivity index (χ3v) is 5.84. The highest BCUT2D eigenvalue weighted by atomic mass is 16.5. The fraction of sp³-hybridized carbons (Fsp3) is 0.583. The molecule has 0 aromatic heterocycles. The molecule has 0 amide bonds. The van der Waals surface area contributed by atoms with Crippen LogP contribution < -0.4 is 0 Å². The summed E-state index contributed by atoms with van der Waals surface area (Å²) in [6.07, 6.45) is 6.17. The van der Waals surface area contributed by atoms with Crippen LogP contribution in [0.15, 0.2) is 42.5 Å². The molecule has 2 aromatic carbocycles. The third-order valence-electron chi connectivity index (χ3n) is 5.84. The second-order valence-electron chi connectivity index (χ2n) is 7.71. The second kappa shape index (κ2) is 11.5. The topological polar surface area (TPSA) is 30.9 Å². The Morgan fingerprint density at radius 2 is 1.57 bits per heavy atom. The SMILES string of the molecule is COCCN(CCOC)[C@H]1CCCC[C@@H]1OCCc1ccc2ccccc2c1. The third kappa shape index (κ3) is 6.02. The van der Waals surface area contributed by atoms with E-state index in [1.807, 2.05) is 0 Å². The zero-order valence-corrected chi connectivity index (χ0v) is 17.4. The average Bonchev–Trinajstić information content (AvgIpc) is 2.74. The van der Waals surface area contributed by atoms with Crippen molar-refractivity contribution in [3.63, 3.8) is 0 Å². The molecule has 0 unspecified atom stereocenters. The van der Waals surface area contributed by atoms with Crippen LogP contribution >= 0.6 is 0 Å². The lowest BCUT2D eigenvalue weighted by molar-refractivity contribution is -0.0450. The van der Waals surface area contributed by atoms with Gasteiger partial charge in [-0.1, -0.05) is 55.3 Å². The summed E-state index contributed by atoms with van der Waals surface area (Å²) in [4.78, 5) is 2.51. The van der Waals surface area contributed by atoms with E-state index < -0.39 is 0 Å². The van der Waals surface area contributed by atoms with Crippen molar-refractivity contribution in [2.24, 2.45) is 0 Å². The first-order valence-electron chi connectivity index (χ1n) is 10.6. The number of hydrogen-bond donors (Lipinski definition) is 0. The number of methoxy groups -OCH3 is 2. The molecule has 4 nitrogen and oxygen atoms in total. The number of nitrogens with zero attached hydrogens (tertiary/aromatic N) is 1. The van der Waals surface area contributed by atoms with Crippen LogP contribution in [0.3, 0.4) is 0 Å². The number of rotatable bonds is 11. The molecule has 0 N–H and O–H groups in total. The highest BCUT2D eigenvalue weighted by molar-refractivity contribution is 5.82. The Labute approximate surface area is 169 Å². The molecule has 28 heavy (non-hydrogen) atoms. The largest absolute Gasteiger partial charge is 0.383 e. The van der Waals surface area contributed by atoms with Crippen molar-refractivity contribution in [1.29, 1.82) is 0 Å². The van der Waals surface area contributed by atoms with Gasteiger partial charge in [-0.05, 0) is 35.6 Å². The van der Waals surface area contributed by atoms with Crippen molar-refractivity contribution in [1.82, 2.24) is 4.90 Å². The van der Waals surface area contributed by atoms with Crippen molar-refractivity contribution >= 4 is 10.8 Å². The molecule has 1 aliphatic rings. The van der Waals surface area contributed by atoms with Crippen molar-refractivity contribution in [2.45, 2.75) is 44.2 Å². The summed E-state index contributed by atoms with van der Waals surface area (Å²) in [7, 11) is 3.54. The van der Waals surface area contributed by atoms with E-state index in [0.717, 1.165) is 45.8 Å². The van der Waals surface area contributed by atoms with Gasteiger partial charge in [0.05, 0.1) is 25.9 Å². The molecule has 1 saturated carbocycles. The molecule has 0 spiro atoms. The summed E-state index contributed by atoms with van der Waals surface area (Å²) in [6, 6.07) is 15.7. The average molecular weight is 386 g/mol. The maximum atomic E-state index is 6.43. The fourth-order valence-corrected chi connectivity index (χ4v) is 4.27. The molecule has 1 fully saturated rings. The van der Waals surface area contributed by atoms with Crippen LogP contribution in [0.25, 0.3) is 10.8 Å². The van der Waals surface area contributed by atoms with Gasteiger partial charge in [0, 0.05) is 33.4 Å². The van der Waals surface area contributed by atoms with Crippen molar-refractivity contribution in [2.75, 3.05) is 47.1 Å². The summed E-state index contributed by atoms with van der Waals surface area (Å²) in [6.45, 7) is 4.17. The lowest BCUT2D eigenvalue weighted by Crippen LogP contribution is -2.49. The Bertz CT molecular complexity index is 697. The molecular formula is C24H35NO3. The Morgan fingerprint density at radius 1 is 0.857 bits per heavy atom. The van der Waals surface area contributed by atoms with E-state index >= 15 is 0 Å². The molecular weight excluding hydrogens is 350 g/mol. The predicted molar refractivity (Wildman–Crippen MR) is 115 cm³/mol. The minimum atomic E-state index is 0.308. The minimum Gasteiger partial charge on any atom is -0.383 e. The number of benzene rings is 2. The molecule has 0 heterocycles. The van der Waals surface area contributed by atoms with Crippen LogP contribution in [0.1, 0.15) is 31.2 Å². The Morgan fingerprint density at radius 3 is 2.32 bits per heavy atom. The van der Waals surface area contributed by atoms with Crippen LogP contribution in [-0.4, -0.2) is 64.2 Å². The second-order valence-corrected chi connectivity index (χ2v) is 7.71. The summed E-state index contributed by atoms with van der Waals surface area (Å²) in [5, 5.41) is 2.60. The Kier molecular flexibility index (Phi) is 8.74. The normalized spacial score (nSPS) is 20.1. The minimum absolute atomic E-state index is 0.308. The van der Waals surface area contributed by atoms with Gasteiger partial charge < -0.3 is 14.2 Å². The lowest BCUT2D eigenvalue weighted by Gasteiger charge is -2.39. The molecule has 154 valence electrons. The van der Waals surface area contributed by atoms with Gasteiger partial charge in [0.25, 0.3) is 0 Å². The molecule has 4 heteroatoms. The Balaban J connectivity index is 1.56. The van der Waals surface area contributed by atoms with Crippen molar-refractivity contribution in [3.8, 4) is 0 Å². The van der Waals surface area contributed by atoms with Crippen LogP contribution in [0.4, 0.5) is 0 Å². The predicted octanol–water partition coefficient (Wildman–Crippen LogP) is 4.30. The first-order valence-corrected chi connectivity index (χ1v) is 10.6. The van der Waals surface area contributed by atoms with Gasteiger partial charge in [-0.15, -0.1) is 0 Å². The molecule has 2 aromatic rings. The van der Waals surface area contributed by atoms with E-state index in [1.54, 1.807) is 14.2 Å². The van der Waals surface area contributed by atoms with E-state index in [1.165, 1.54) is 35.6 Å². The van der Waals surface area contributed by atoms with Gasteiger partial charge in [0.15, 0.2) is 0 Å². The van der Waals surface area contributed by atoms with Gasteiger partial charge in [-0.3, -0.25) is 4.90 Å². The first kappa shape index (κ1) is 21.3. The van der Waals surface area contributed by atoms with E-state index in [9.17, 15) is 0 Å². The van der Waals surface area contributed by atoms with Gasteiger partial charge in [-0.2, -0.15) is 0 Å². The highest BCUT2D eigenvalue weighted by Crippen LogP contribution is 2.26. The zero-order valence-electron chi connectivity index (χ0n) is 17.4. The summed E-state index contributed by atoms with van der Waals surface area (Å²) in [5.74, 6) is 0. The standard InChI is InChI=1S/C24H35NO3/c1-26-17-14-25(15-18-27-2)23-9-5-6-10-24(23)28-16-13-20-11-12-21-7-3-4-8-22(21)19-20/h3-4,7-8,11-12,19,23-24H,5-6,9-10,13-18H2,1-2H3/t23-,24-/m0/s1. The van der Waals surface area contributed by atoms with Crippen molar-refractivity contribution < 1.29 is 14.2 Å². The Hall–Kier alpha value is -1.46. The zero-order chi connectivity index (χ0) is 19.6. The van der Waals surface area contributed by atoms with Gasteiger partial charge >= 0.3 is 0 Å². The van der Waals surface area contributed by atoms with Crippen molar-refractivity contribution in [3.05, 3.63) is 48.0 Å². The smallest absolute Gasteiger partial charge is 0.0730 e. The van der Waals surface area contributed by atoms with Gasteiger partial charge in [0.2, 0.25) is 0 Å². The molecule has 0 bridgehead atoms. The summed E-state index contributed by atoms with van der Waals surface area (Å²) >= 11 is 0. The number of fused-ring (bicyclic) bond motifs is 1. The molecule has 0 radical (unpaired) electrons. The molecule has 0 aliphatic heterocycles. The maximum Gasteiger partial charge on any atom is 0.0730 e. The molecule has 2 atom stereocenters. The van der Waals surface area contributed by atoms with Crippen LogP contribution in [-0.2, 0) is 20.6 Å². The van der Waals surface area contributed by atoms with Gasteiger partial charge in [-0.25, -0.2) is 0 Å². The maximum absolute atomic E-state index is 6.43. The van der Waals surface area contributed by atoms with Crippen LogP contribution in [0.2, 0.25) is 0 Å². The summed E-state index contributed by atoms with van der Waals surface area (Å²) in [5.41, 5.74) is 1.35. The number of hydrogen-bond acceptors (Lipinski definition) is 4. The highest BCUT2D eigenvalue weighted by Gasteiger charge is 2.30. The number of ether oxygens (including phenoxy) is 3. The molecule has 3 rings (SSSR count). The lowest BCUT2D eigenvalue weighted by atomic mass is 9.91. The molecule has 0 saturated heterocycles. The first-order chi connectivity index (χ1) is 13.8. The summed E-state index contributed by atoms with van der Waals surface area (Å²) < 4.78 is 17.1. The van der Waals surface area contributed by atoms with Gasteiger partial charge in [0.1, 0.15) is 0 Å². The van der Waals surface area contributed by atoms with E-state index in [0.29, 0.717) is 12.1 Å². The quantitative estimate of drug-likeness (QED) is 0.577.